The predicted octanol–water partition coefficient (Wildman–Crippen LogP) is 6.68. The first-order valence-corrected chi connectivity index (χ1v) is 9.27. The highest BCUT2D eigenvalue weighted by Crippen LogP contribution is 2.03. The Balaban J connectivity index is 3.39. The molecule has 0 aliphatic heterocycles. The molecule has 0 rings (SSSR count). The molecule has 130 valence electrons. The maximum absolute atomic E-state index is 8.68. The predicted molar refractivity (Wildman–Crippen MR) is 105 cm³/mol. The van der Waals surface area contributed by atoms with E-state index in [1.165, 1.54) is 19.3 Å². The Hall–Kier alpha value is -1.34. The van der Waals surface area contributed by atoms with Gasteiger partial charge in [-0.25, -0.2) is 0 Å². The molecule has 0 saturated carbocycles. The van der Waals surface area contributed by atoms with Crippen molar-refractivity contribution in [2.45, 2.75) is 71.1 Å². The second-order valence-corrected chi connectivity index (χ2v) is 5.63. The Morgan fingerprint density at radius 3 is 1.43 bits per heavy atom. The van der Waals surface area contributed by atoms with E-state index in [2.05, 4.69) is 67.7 Å². The topological polar surface area (TPSA) is 20.2 Å². The summed E-state index contributed by atoms with van der Waals surface area (Å²) in [6.45, 7) is 2.49. The summed E-state index contributed by atoms with van der Waals surface area (Å²) in [4.78, 5) is 0. The lowest BCUT2D eigenvalue weighted by atomic mass is 10.1. The fourth-order valence-corrected chi connectivity index (χ4v) is 2.10. The van der Waals surface area contributed by atoms with E-state index in [9.17, 15) is 0 Å². The van der Waals surface area contributed by atoms with Gasteiger partial charge in [-0.3, -0.25) is 0 Å². The molecule has 0 aliphatic carbocycles. The summed E-state index contributed by atoms with van der Waals surface area (Å²) >= 11 is 0. The SMILES string of the molecule is CCC=CCC=CCC=CCC=CCC=CCCCCCCO. The summed E-state index contributed by atoms with van der Waals surface area (Å²) in [6.07, 6.45) is 33.3. The van der Waals surface area contributed by atoms with E-state index in [1.807, 2.05) is 0 Å². The Labute approximate surface area is 144 Å². The van der Waals surface area contributed by atoms with E-state index < -0.39 is 0 Å². The maximum atomic E-state index is 8.68. The maximum Gasteiger partial charge on any atom is 0.0431 e. The summed E-state index contributed by atoms with van der Waals surface area (Å²) in [6, 6.07) is 0. The zero-order valence-electron chi connectivity index (χ0n) is 15.0. The Morgan fingerprint density at radius 2 is 0.957 bits per heavy atom. The lowest BCUT2D eigenvalue weighted by Crippen LogP contribution is -1.82. The molecule has 0 aliphatic rings. The van der Waals surface area contributed by atoms with Crippen molar-refractivity contribution in [3.63, 3.8) is 0 Å². The first kappa shape index (κ1) is 21.7. The number of rotatable bonds is 15. The van der Waals surface area contributed by atoms with Crippen LogP contribution in [0.2, 0.25) is 0 Å². The second-order valence-electron chi connectivity index (χ2n) is 5.63. The minimum Gasteiger partial charge on any atom is -0.396 e. The van der Waals surface area contributed by atoms with Crippen molar-refractivity contribution < 1.29 is 5.11 Å². The van der Waals surface area contributed by atoms with E-state index in [4.69, 9.17) is 5.11 Å². The summed E-state index contributed by atoms with van der Waals surface area (Å²) in [5.41, 5.74) is 0. The van der Waals surface area contributed by atoms with Gasteiger partial charge in [0, 0.05) is 6.61 Å². The molecule has 0 spiro atoms. The van der Waals surface area contributed by atoms with Gasteiger partial charge in [0.1, 0.15) is 0 Å². The molecule has 0 aromatic rings. The van der Waals surface area contributed by atoms with Crippen LogP contribution in [0.3, 0.4) is 0 Å². The molecule has 0 heterocycles. The molecule has 1 N–H and O–H groups in total. The van der Waals surface area contributed by atoms with Crippen LogP contribution in [0.25, 0.3) is 0 Å². The zero-order chi connectivity index (χ0) is 16.8. The molecule has 0 aromatic carbocycles. The molecular weight excluding hydrogens is 280 g/mol. The largest absolute Gasteiger partial charge is 0.396 e. The van der Waals surface area contributed by atoms with Gasteiger partial charge >= 0.3 is 0 Å². The number of allylic oxidation sites excluding steroid dienone is 10. The molecule has 0 atom stereocenters. The number of aliphatic hydroxyl groups is 1. The summed E-state index contributed by atoms with van der Waals surface area (Å²) < 4.78 is 0. The van der Waals surface area contributed by atoms with Crippen LogP contribution in [-0.4, -0.2) is 11.7 Å². The molecule has 0 radical (unpaired) electrons. The highest BCUT2D eigenvalue weighted by Gasteiger charge is 1.86. The van der Waals surface area contributed by atoms with Crippen molar-refractivity contribution in [3.05, 3.63) is 60.8 Å². The minimum absolute atomic E-state index is 0.335. The third kappa shape index (κ3) is 20.7. The zero-order valence-corrected chi connectivity index (χ0v) is 15.0. The molecule has 0 saturated heterocycles. The Morgan fingerprint density at radius 1 is 0.522 bits per heavy atom. The van der Waals surface area contributed by atoms with E-state index in [0.717, 1.165) is 44.9 Å². The number of hydrogen-bond donors (Lipinski definition) is 1. The van der Waals surface area contributed by atoms with Gasteiger partial charge in [0.2, 0.25) is 0 Å². The molecule has 0 aromatic heterocycles. The molecule has 1 nitrogen and oxygen atoms in total. The third-order valence-corrected chi connectivity index (χ3v) is 3.44. The van der Waals surface area contributed by atoms with Gasteiger partial charge in [0.15, 0.2) is 0 Å². The van der Waals surface area contributed by atoms with Crippen LogP contribution in [-0.2, 0) is 0 Å². The third-order valence-electron chi connectivity index (χ3n) is 3.44. The van der Waals surface area contributed by atoms with Crippen LogP contribution < -0.4 is 0 Å². The second kappa shape index (κ2) is 20.7. The van der Waals surface area contributed by atoms with Gasteiger partial charge in [-0.2, -0.15) is 0 Å². The van der Waals surface area contributed by atoms with E-state index >= 15 is 0 Å². The van der Waals surface area contributed by atoms with Gasteiger partial charge in [-0.05, 0) is 51.4 Å². The van der Waals surface area contributed by atoms with Crippen molar-refractivity contribution in [2.75, 3.05) is 6.61 Å². The normalized spacial score (nSPS) is 13.0. The van der Waals surface area contributed by atoms with E-state index in [1.54, 1.807) is 0 Å². The fraction of sp³-hybridized carbons (Fsp3) is 0.545. The summed E-state index contributed by atoms with van der Waals surface area (Å²) in [5, 5.41) is 8.68. The van der Waals surface area contributed by atoms with Crippen molar-refractivity contribution >= 4 is 0 Å². The quantitative estimate of drug-likeness (QED) is 0.264. The number of aliphatic hydroxyl groups excluding tert-OH is 1. The van der Waals surface area contributed by atoms with Crippen LogP contribution >= 0.6 is 0 Å². The van der Waals surface area contributed by atoms with Crippen molar-refractivity contribution in [1.82, 2.24) is 0 Å². The number of unbranched alkanes of at least 4 members (excludes halogenated alkanes) is 4. The highest BCUT2D eigenvalue weighted by atomic mass is 16.2. The van der Waals surface area contributed by atoms with Crippen molar-refractivity contribution in [2.24, 2.45) is 0 Å². The van der Waals surface area contributed by atoms with Gasteiger partial charge in [-0.15, -0.1) is 0 Å². The molecule has 0 fully saturated rings. The Kier molecular flexibility index (Phi) is 19.5. The van der Waals surface area contributed by atoms with Crippen LogP contribution in [0, 0.1) is 0 Å². The average Bonchev–Trinajstić information content (AvgIpc) is 2.57. The molecular formula is C22H36O. The minimum atomic E-state index is 0.335. The molecule has 0 bridgehead atoms. The van der Waals surface area contributed by atoms with E-state index in [-0.39, 0.29) is 0 Å². The van der Waals surface area contributed by atoms with Crippen molar-refractivity contribution in [1.29, 1.82) is 0 Å². The van der Waals surface area contributed by atoms with Crippen LogP contribution in [0.5, 0.6) is 0 Å². The fourth-order valence-electron chi connectivity index (χ4n) is 2.10. The Bertz CT molecular complexity index is 358. The van der Waals surface area contributed by atoms with Gasteiger partial charge in [0.05, 0.1) is 0 Å². The van der Waals surface area contributed by atoms with Crippen molar-refractivity contribution in [3.8, 4) is 0 Å². The lowest BCUT2D eigenvalue weighted by molar-refractivity contribution is 0.282. The molecule has 0 amide bonds. The summed E-state index contributed by atoms with van der Waals surface area (Å²) in [5.74, 6) is 0. The monoisotopic (exact) mass is 316 g/mol. The van der Waals surface area contributed by atoms with Gasteiger partial charge < -0.3 is 5.11 Å². The van der Waals surface area contributed by atoms with Gasteiger partial charge in [0.25, 0.3) is 0 Å². The molecule has 0 unspecified atom stereocenters. The van der Waals surface area contributed by atoms with Crippen LogP contribution in [0.1, 0.15) is 71.1 Å². The molecule has 23 heavy (non-hydrogen) atoms. The van der Waals surface area contributed by atoms with Crippen LogP contribution in [0.4, 0.5) is 0 Å². The van der Waals surface area contributed by atoms with Crippen LogP contribution in [0.15, 0.2) is 60.8 Å². The standard InChI is InChI=1S/C22H36O/c1-2-3-4-5-6-7-8-9-10-11-12-13-14-15-16-17-18-19-20-21-22-23/h3-4,6-7,9-10,12-13,15-16,23H,2,5,8,11,14,17-22H2,1H3. The highest BCUT2D eigenvalue weighted by molar-refractivity contribution is 5.00. The van der Waals surface area contributed by atoms with Gasteiger partial charge in [-0.1, -0.05) is 80.5 Å². The number of hydrogen-bond acceptors (Lipinski definition) is 1. The first-order valence-electron chi connectivity index (χ1n) is 9.27. The smallest absolute Gasteiger partial charge is 0.0431 e. The lowest BCUT2D eigenvalue weighted by Gasteiger charge is -1.95. The first-order chi connectivity index (χ1) is 11.4. The van der Waals surface area contributed by atoms with E-state index in [0.29, 0.717) is 6.61 Å². The molecule has 1 heteroatoms. The average molecular weight is 317 g/mol. The summed E-state index contributed by atoms with van der Waals surface area (Å²) in [7, 11) is 0.